The number of ether oxygens (including phenoxy) is 1. The van der Waals surface area contributed by atoms with E-state index in [-0.39, 0.29) is 42.3 Å². The average molecular weight is 428 g/mol. The number of amides is 2. The van der Waals surface area contributed by atoms with E-state index in [1.165, 1.54) is 21.6 Å². The number of hydrogen-bond acceptors (Lipinski definition) is 5. The van der Waals surface area contributed by atoms with Gasteiger partial charge in [-0.05, 0) is 62.8 Å². The van der Waals surface area contributed by atoms with Crippen LogP contribution in [0.15, 0.2) is 33.3 Å². The van der Waals surface area contributed by atoms with Crippen molar-refractivity contribution in [1.82, 2.24) is 4.90 Å². The predicted molar refractivity (Wildman–Crippen MR) is 117 cm³/mol. The molecule has 6 nitrogen and oxygen atoms in total. The monoisotopic (exact) mass is 427 g/mol. The van der Waals surface area contributed by atoms with E-state index in [1.807, 2.05) is 19.1 Å². The van der Waals surface area contributed by atoms with Crippen LogP contribution in [0.1, 0.15) is 64.4 Å². The zero-order valence-corrected chi connectivity index (χ0v) is 18.7. The van der Waals surface area contributed by atoms with Crippen molar-refractivity contribution in [1.29, 1.82) is 0 Å². The normalized spacial score (nSPS) is 28.5. The molecular formula is C25H33NO5. The quantitative estimate of drug-likeness (QED) is 0.499. The fourth-order valence-electron chi connectivity index (χ4n) is 5.55. The molecule has 1 aliphatic carbocycles. The van der Waals surface area contributed by atoms with Crippen molar-refractivity contribution in [2.75, 3.05) is 13.2 Å². The van der Waals surface area contributed by atoms with Crippen LogP contribution in [-0.4, -0.2) is 41.1 Å². The summed E-state index contributed by atoms with van der Waals surface area (Å²) in [6, 6.07) is 3.64. The van der Waals surface area contributed by atoms with E-state index in [9.17, 15) is 9.59 Å². The summed E-state index contributed by atoms with van der Waals surface area (Å²) in [5, 5.41) is 9.15. The zero-order valence-electron chi connectivity index (χ0n) is 18.7. The van der Waals surface area contributed by atoms with Crippen LogP contribution >= 0.6 is 0 Å². The lowest BCUT2D eigenvalue weighted by Gasteiger charge is -2.31. The van der Waals surface area contributed by atoms with Gasteiger partial charge in [-0.1, -0.05) is 25.0 Å². The van der Waals surface area contributed by atoms with Gasteiger partial charge in [0.2, 0.25) is 11.8 Å². The predicted octanol–water partition coefficient (Wildman–Crippen LogP) is 4.09. The van der Waals surface area contributed by atoms with Gasteiger partial charge in [0.05, 0.1) is 24.5 Å². The number of carbonyl (C=O) groups excluding carboxylic acids is 2. The van der Waals surface area contributed by atoms with Gasteiger partial charge in [-0.25, -0.2) is 0 Å². The Bertz CT molecular complexity index is 911. The number of hydrogen-bond donors (Lipinski definition) is 1. The minimum absolute atomic E-state index is 0.00679. The molecule has 4 rings (SSSR count). The molecule has 0 unspecified atom stereocenters. The van der Waals surface area contributed by atoms with Crippen LogP contribution in [0.4, 0.5) is 0 Å². The van der Waals surface area contributed by atoms with Crippen molar-refractivity contribution in [3.05, 3.63) is 40.4 Å². The van der Waals surface area contributed by atoms with Gasteiger partial charge >= 0.3 is 0 Å². The van der Waals surface area contributed by atoms with E-state index in [1.54, 1.807) is 6.07 Å². The first-order valence-electron chi connectivity index (χ1n) is 11.5. The molecule has 3 heterocycles. The topological polar surface area (TPSA) is 80.0 Å². The second-order valence-electron chi connectivity index (χ2n) is 9.00. The number of aliphatic hydroxyl groups excluding tert-OH is 1. The highest BCUT2D eigenvalue weighted by molar-refractivity contribution is 6.05. The molecule has 0 spiro atoms. The lowest BCUT2D eigenvalue weighted by atomic mass is 9.69. The number of nitrogens with zero attached hydrogens (tertiary/aromatic N) is 1. The molecule has 2 saturated heterocycles. The number of imide groups is 1. The van der Waals surface area contributed by atoms with Gasteiger partial charge in [-0.2, -0.15) is 0 Å². The first kappa shape index (κ1) is 22.0. The zero-order chi connectivity index (χ0) is 22.1. The molecule has 0 saturated carbocycles. The standard InChI is InChI=1S/C25H33NO5/c1-4-10-26-24(28)19-12-16(5-2)22-20(23(19)25(26)29)14-30-21(22)9-6-15(3)11-17-7-8-18(13-27)31-17/h7-8,11,19-21,23,27H,4-6,9-10,12-14H2,1-3H3/b15-11+/t19-,20+,21-,23-/m1/s1. The van der Waals surface area contributed by atoms with Crippen LogP contribution in [0.2, 0.25) is 0 Å². The fraction of sp³-hybridized carbons (Fsp3) is 0.600. The first-order chi connectivity index (χ1) is 15.0. The van der Waals surface area contributed by atoms with Crippen molar-refractivity contribution < 1.29 is 23.8 Å². The summed E-state index contributed by atoms with van der Waals surface area (Å²) in [5.41, 5.74) is 3.78. The third-order valence-electron chi connectivity index (χ3n) is 7.00. The maximum atomic E-state index is 13.1. The van der Waals surface area contributed by atoms with Crippen LogP contribution in [0.5, 0.6) is 0 Å². The molecule has 0 bridgehead atoms. The van der Waals surface area contributed by atoms with Crippen molar-refractivity contribution in [2.45, 2.75) is 65.6 Å². The number of allylic oxidation sites excluding steroid dienone is 2. The summed E-state index contributed by atoms with van der Waals surface area (Å²) in [5.74, 6) is 0.920. The highest BCUT2D eigenvalue weighted by Crippen LogP contribution is 2.50. The lowest BCUT2D eigenvalue weighted by molar-refractivity contribution is -0.140. The average Bonchev–Trinajstić information content (AvgIpc) is 3.45. The summed E-state index contributed by atoms with van der Waals surface area (Å²) in [6.07, 6.45) is 6.11. The van der Waals surface area contributed by atoms with Gasteiger partial charge in [0, 0.05) is 12.5 Å². The molecule has 3 aliphatic rings. The highest BCUT2D eigenvalue weighted by Gasteiger charge is 2.56. The third-order valence-corrected chi connectivity index (χ3v) is 7.00. The molecule has 168 valence electrons. The number of carbonyl (C=O) groups is 2. The largest absolute Gasteiger partial charge is 0.459 e. The number of rotatable bonds is 8. The van der Waals surface area contributed by atoms with Crippen molar-refractivity contribution in [3.8, 4) is 0 Å². The minimum atomic E-state index is -0.244. The maximum absolute atomic E-state index is 13.1. The van der Waals surface area contributed by atoms with Gasteiger partial charge in [0.1, 0.15) is 18.1 Å². The Balaban J connectivity index is 1.49. The van der Waals surface area contributed by atoms with E-state index in [0.29, 0.717) is 25.3 Å². The Labute approximate surface area is 183 Å². The maximum Gasteiger partial charge on any atom is 0.233 e. The van der Waals surface area contributed by atoms with Crippen LogP contribution < -0.4 is 0 Å². The SMILES string of the molecule is CCCN1C(=O)[C@@H]2[C@@H](CC(CC)=C3[C@@H](CC/C(C)=C/c4ccc(CO)o4)OC[C@@H]32)C1=O. The molecule has 31 heavy (non-hydrogen) atoms. The summed E-state index contributed by atoms with van der Waals surface area (Å²) in [4.78, 5) is 27.5. The Morgan fingerprint density at radius 1 is 1.23 bits per heavy atom. The minimum Gasteiger partial charge on any atom is -0.459 e. The van der Waals surface area contributed by atoms with Crippen LogP contribution in [0.25, 0.3) is 6.08 Å². The molecule has 4 atom stereocenters. The van der Waals surface area contributed by atoms with Crippen LogP contribution in [-0.2, 0) is 20.9 Å². The van der Waals surface area contributed by atoms with Gasteiger partial charge in [0.25, 0.3) is 0 Å². The lowest BCUT2D eigenvalue weighted by Crippen LogP contribution is -2.34. The molecule has 2 aliphatic heterocycles. The number of fused-ring (bicyclic) bond motifs is 3. The summed E-state index contributed by atoms with van der Waals surface area (Å²) < 4.78 is 11.8. The number of aliphatic hydroxyl groups is 1. The Hall–Kier alpha value is -2.18. The Morgan fingerprint density at radius 2 is 2.03 bits per heavy atom. The molecular weight excluding hydrogens is 394 g/mol. The van der Waals surface area contributed by atoms with Crippen molar-refractivity contribution >= 4 is 17.9 Å². The first-order valence-corrected chi connectivity index (χ1v) is 11.5. The molecule has 0 radical (unpaired) electrons. The van der Waals surface area contributed by atoms with Crippen LogP contribution in [0.3, 0.4) is 0 Å². The van der Waals surface area contributed by atoms with Crippen molar-refractivity contribution in [3.63, 3.8) is 0 Å². The van der Waals surface area contributed by atoms with Gasteiger partial charge in [-0.15, -0.1) is 0 Å². The Morgan fingerprint density at radius 3 is 2.71 bits per heavy atom. The number of furan rings is 1. The summed E-state index contributed by atoms with van der Waals surface area (Å²) in [7, 11) is 0. The smallest absolute Gasteiger partial charge is 0.233 e. The summed E-state index contributed by atoms with van der Waals surface area (Å²) >= 11 is 0. The molecule has 2 fully saturated rings. The second-order valence-corrected chi connectivity index (χ2v) is 9.00. The van der Waals surface area contributed by atoms with Crippen LogP contribution in [0, 0.1) is 17.8 Å². The van der Waals surface area contributed by atoms with E-state index in [0.717, 1.165) is 31.4 Å². The second kappa shape index (κ2) is 9.13. The molecule has 0 aromatic carbocycles. The third kappa shape index (κ3) is 4.03. The molecule has 2 amide bonds. The fourth-order valence-corrected chi connectivity index (χ4v) is 5.55. The van der Waals surface area contributed by atoms with E-state index < -0.39 is 0 Å². The molecule has 1 N–H and O–H groups in total. The van der Waals surface area contributed by atoms with Gasteiger partial charge < -0.3 is 14.3 Å². The molecule has 1 aromatic rings. The Kier molecular flexibility index (Phi) is 6.49. The molecule has 6 heteroatoms. The van der Waals surface area contributed by atoms with E-state index in [4.69, 9.17) is 14.3 Å². The number of likely N-dealkylation sites (tertiary alicyclic amines) is 1. The molecule has 1 aromatic heterocycles. The van der Waals surface area contributed by atoms with E-state index in [2.05, 4.69) is 13.8 Å². The van der Waals surface area contributed by atoms with Gasteiger partial charge in [0.15, 0.2) is 0 Å². The summed E-state index contributed by atoms with van der Waals surface area (Å²) in [6.45, 7) is 7.17. The van der Waals surface area contributed by atoms with Crippen molar-refractivity contribution in [2.24, 2.45) is 17.8 Å². The highest BCUT2D eigenvalue weighted by atomic mass is 16.5. The van der Waals surface area contributed by atoms with Gasteiger partial charge in [-0.3, -0.25) is 14.5 Å². The van der Waals surface area contributed by atoms with E-state index >= 15 is 0 Å².